The van der Waals surface area contributed by atoms with Crippen LogP contribution >= 0.6 is 11.6 Å². The van der Waals surface area contributed by atoms with Crippen LogP contribution in [0.2, 0.25) is 5.02 Å². The third-order valence-electron chi connectivity index (χ3n) is 10.6. The van der Waals surface area contributed by atoms with E-state index in [4.69, 9.17) is 21.3 Å². The zero-order valence-corrected chi connectivity index (χ0v) is 30.0. The largest absolute Gasteiger partial charge is 0.446 e. The van der Waals surface area contributed by atoms with Gasteiger partial charge in [0, 0.05) is 56.7 Å². The number of aliphatic hydroxyl groups excluding tert-OH is 1. The number of amides is 2. The van der Waals surface area contributed by atoms with E-state index in [1.807, 2.05) is 77.6 Å². The molecular formula is C40H47ClN6O4. The number of hydrogen-bond acceptors (Lipinski definition) is 7. The van der Waals surface area contributed by atoms with Crippen LogP contribution in [0.15, 0.2) is 79.4 Å². The van der Waals surface area contributed by atoms with Gasteiger partial charge in [-0.1, -0.05) is 54.1 Å². The second-order valence-electron chi connectivity index (χ2n) is 14.2. The number of fused-ring (bicyclic) bond motifs is 2. The number of ether oxygens (including phenoxy) is 1. The van der Waals surface area contributed by atoms with E-state index < -0.39 is 12.1 Å². The first-order chi connectivity index (χ1) is 24.8. The van der Waals surface area contributed by atoms with E-state index >= 15 is 0 Å². The molecule has 2 atom stereocenters. The number of halogens is 1. The van der Waals surface area contributed by atoms with Gasteiger partial charge in [-0.3, -0.25) is 19.6 Å². The van der Waals surface area contributed by atoms with Crippen molar-refractivity contribution in [3.05, 3.63) is 118 Å². The van der Waals surface area contributed by atoms with E-state index in [0.717, 1.165) is 48.3 Å². The highest BCUT2D eigenvalue weighted by atomic mass is 35.5. The summed E-state index contributed by atoms with van der Waals surface area (Å²) in [6.07, 6.45) is 9.43. The minimum atomic E-state index is -0.772. The summed E-state index contributed by atoms with van der Waals surface area (Å²) in [6, 6.07) is 19.3. The zero-order chi connectivity index (χ0) is 35.3. The lowest BCUT2D eigenvalue weighted by Crippen LogP contribution is -2.62. The standard InChI is InChI=1S/C40H47ClN6O4/c1-28-24-44(27-43-28)19-6-20-46(25-29-7-3-2-4-8-29)39(49)36-26-45(21-22-47(36)40(50)51-34-15-13-33(48)14-16-34)38-35-17-12-32(41)23-31(35)11-10-30-9-5-18-42-37(30)38/h2-5,7-9,12,17-18,23-24,27,33-34,36,38,48H,6,10-11,13-16,19-22,25-26H2,1H3/t33?,34?,36-,38?/m1/s1. The van der Waals surface area contributed by atoms with Crippen molar-refractivity contribution in [2.24, 2.45) is 0 Å². The fourth-order valence-corrected chi connectivity index (χ4v) is 8.11. The fourth-order valence-electron chi connectivity index (χ4n) is 7.91. The minimum absolute atomic E-state index is 0.104. The Morgan fingerprint density at radius 1 is 0.980 bits per heavy atom. The van der Waals surface area contributed by atoms with Crippen molar-refractivity contribution in [1.29, 1.82) is 0 Å². The second kappa shape index (κ2) is 16.0. The number of benzene rings is 2. The molecule has 3 heterocycles. The Balaban J connectivity index is 1.20. The van der Waals surface area contributed by atoms with Crippen LogP contribution in [0, 0.1) is 6.92 Å². The number of aliphatic hydroxyl groups is 1. The van der Waals surface area contributed by atoms with Crippen LogP contribution < -0.4 is 0 Å². The predicted molar refractivity (Wildman–Crippen MR) is 195 cm³/mol. The molecule has 1 saturated heterocycles. The highest BCUT2D eigenvalue weighted by molar-refractivity contribution is 6.30. The van der Waals surface area contributed by atoms with Crippen molar-refractivity contribution in [2.75, 3.05) is 26.2 Å². The minimum Gasteiger partial charge on any atom is -0.446 e. The topological polar surface area (TPSA) is 104 Å². The first kappa shape index (κ1) is 35.2. The summed E-state index contributed by atoms with van der Waals surface area (Å²) in [5.74, 6) is -0.104. The molecule has 268 valence electrons. The average Bonchev–Trinajstić information content (AvgIpc) is 3.49. The van der Waals surface area contributed by atoms with Crippen molar-refractivity contribution in [3.8, 4) is 0 Å². The number of aromatic nitrogens is 3. The van der Waals surface area contributed by atoms with Gasteiger partial charge in [0.1, 0.15) is 12.1 Å². The maximum atomic E-state index is 15.0. The Labute approximate surface area is 305 Å². The van der Waals surface area contributed by atoms with Crippen LogP contribution in [0.1, 0.15) is 71.8 Å². The third-order valence-corrected chi connectivity index (χ3v) is 10.8. The monoisotopic (exact) mass is 710 g/mol. The lowest BCUT2D eigenvalue weighted by atomic mass is 9.95. The van der Waals surface area contributed by atoms with E-state index in [2.05, 4.69) is 28.1 Å². The SMILES string of the molecule is Cc1cn(CCCN(Cc2ccccc2)C(=O)[C@H]2CN(C3c4ccc(Cl)cc4CCc4cccnc43)CCN2C(=O)OC2CCC(O)CC2)cn1. The van der Waals surface area contributed by atoms with Crippen LogP contribution in [0.25, 0.3) is 0 Å². The lowest BCUT2D eigenvalue weighted by Gasteiger charge is -2.45. The molecule has 2 aromatic carbocycles. The molecule has 51 heavy (non-hydrogen) atoms. The molecule has 0 spiro atoms. The highest BCUT2D eigenvalue weighted by Gasteiger charge is 2.43. The first-order valence-electron chi connectivity index (χ1n) is 18.2. The molecule has 0 radical (unpaired) electrons. The van der Waals surface area contributed by atoms with E-state index in [-0.39, 0.29) is 24.2 Å². The molecule has 1 N–H and O–H groups in total. The van der Waals surface area contributed by atoms with Gasteiger partial charge in [0.05, 0.1) is 29.9 Å². The normalized spacial score (nSPS) is 22.1. The highest BCUT2D eigenvalue weighted by Crippen LogP contribution is 2.38. The summed E-state index contributed by atoms with van der Waals surface area (Å²) in [7, 11) is 0. The molecule has 2 aromatic heterocycles. The van der Waals surface area contributed by atoms with Crippen LogP contribution in [0.3, 0.4) is 0 Å². The van der Waals surface area contributed by atoms with E-state index in [0.29, 0.717) is 63.4 Å². The van der Waals surface area contributed by atoms with Gasteiger partial charge in [0.2, 0.25) is 5.91 Å². The summed E-state index contributed by atoms with van der Waals surface area (Å²) in [5.41, 5.74) is 6.46. The van der Waals surface area contributed by atoms with E-state index in [1.54, 1.807) is 4.90 Å². The number of piperazine rings is 1. The molecule has 2 aliphatic carbocycles. The van der Waals surface area contributed by atoms with E-state index in [9.17, 15) is 14.7 Å². The molecule has 11 heteroatoms. The van der Waals surface area contributed by atoms with Crippen LogP contribution in [0.4, 0.5) is 4.79 Å². The Bertz CT molecular complexity index is 1810. The quantitative estimate of drug-likeness (QED) is 0.228. The number of aryl methyl sites for hydroxylation is 4. The molecule has 1 aliphatic heterocycles. The third kappa shape index (κ3) is 8.29. The summed E-state index contributed by atoms with van der Waals surface area (Å²) >= 11 is 6.51. The molecule has 2 amide bonds. The van der Waals surface area contributed by atoms with Crippen molar-refractivity contribution < 1.29 is 19.4 Å². The molecule has 10 nitrogen and oxygen atoms in total. The van der Waals surface area contributed by atoms with Gasteiger partial charge in [0.15, 0.2) is 0 Å². The zero-order valence-electron chi connectivity index (χ0n) is 29.2. The number of rotatable bonds is 9. The molecule has 1 saturated carbocycles. The first-order valence-corrected chi connectivity index (χ1v) is 18.6. The fraction of sp³-hybridized carbons (Fsp3) is 0.450. The van der Waals surface area contributed by atoms with Crippen LogP contribution in [-0.4, -0.2) is 90.8 Å². The smallest absolute Gasteiger partial charge is 0.410 e. The predicted octanol–water partition coefficient (Wildman–Crippen LogP) is 5.97. The van der Waals surface area contributed by atoms with Crippen molar-refractivity contribution in [1.82, 2.24) is 29.2 Å². The Morgan fingerprint density at radius 3 is 2.57 bits per heavy atom. The van der Waals surface area contributed by atoms with Gasteiger partial charge < -0.3 is 19.3 Å². The summed E-state index contributed by atoms with van der Waals surface area (Å²) in [4.78, 5) is 44.2. The average molecular weight is 711 g/mol. The van der Waals surface area contributed by atoms with Gasteiger partial charge in [-0.05, 0) is 92.3 Å². The molecule has 1 unspecified atom stereocenters. The number of imidazole rings is 1. The number of pyridine rings is 1. The molecule has 3 aliphatic rings. The van der Waals surface area contributed by atoms with Gasteiger partial charge in [-0.15, -0.1) is 0 Å². The number of hydrogen-bond donors (Lipinski definition) is 1. The van der Waals surface area contributed by atoms with Crippen molar-refractivity contribution in [3.63, 3.8) is 0 Å². The van der Waals surface area contributed by atoms with Crippen molar-refractivity contribution >= 4 is 23.6 Å². The lowest BCUT2D eigenvalue weighted by molar-refractivity contribution is -0.140. The van der Waals surface area contributed by atoms with Gasteiger partial charge >= 0.3 is 6.09 Å². The maximum Gasteiger partial charge on any atom is 0.410 e. The Hall–Kier alpha value is -4.25. The second-order valence-corrected chi connectivity index (χ2v) is 14.6. The van der Waals surface area contributed by atoms with Gasteiger partial charge in [0.25, 0.3) is 0 Å². The van der Waals surface area contributed by atoms with Gasteiger partial charge in [-0.25, -0.2) is 9.78 Å². The molecule has 4 aromatic rings. The van der Waals surface area contributed by atoms with Crippen molar-refractivity contribution in [2.45, 2.75) is 89.3 Å². The molecule has 2 fully saturated rings. The van der Waals surface area contributed by atoms with Crippen LogP contribution in [0.5, 0.6) is 0 Å². The maximum absolute atomic E-state index is 15.0. The van der Waals surface area contributed by atoms with E-state index in [1.165, 1.54) is 11.1 Å². The Morgan fingerprint density at radius 2 is 1.78 bits per heavy atom. The van der Waals surface area contributed by atoms with Crippen LogP contribution in [-0.2, 0) is 35.5 Å². The summed E-state index contributed by atoms with van der Waals surface area (Å²) < 4.78 is 8.12. The Kier molecular flexibility index (Phi) is 11.0. The van der Waals surface area contributed by atoms with Gasteiger partial charge in [-0.2, -0.15) is 0 Å². The molecule has 7 rings (SSSR count). The molecular weight excluding hydrogens is 664 g/mol. The number of nitrogens with zero attached hydrogens (tertiary/aromatic N) is 6. The molecule has 0 bridgehead atoms. The summed E-state index contributed by atoms with van der Waals surface area (Å²) in [6.45, 7) is 4.83. The summed E-state index contributed by atoms with van der Waals surface area (Å²) in [5, 5.41) is 10.8. The number of carbonyl (C=O) groups excluding carboxylic acids is 2. The number of carbonyl (C=O) groups is 2.